The predicted octanol–water partition coefficient (Wildman–Crippen LogP) is 5.15. The number of ether oxygens (including phenoxy) is 2. The van der Waals surface area contributed by atoms with Gasteiger partial charge in [-0.3, -0.25) is 14.7 Å². The molecular weight excluding hydrogens is 528 g/mol. The third-order valence-corrected chi connectivity index (χ3v) is 8.07. The number of carbonyl (C=O) groups is 1. The Morgan fingerprint density at radius 2 is 1.50 bits per heavy atom. The van der Waals surface area contributed by atoms with Gasteiger partial charge in [-0.05, 0) is 73.5 Å². The van der Waals surface area contributed by atoms with Crippen molar-refractivity contribution in [3.8, 4) is 28.4 Å². The summed E-state index contributed by atoms with van der Waals surface area (Å²) >= 11 is 0. The lowest BCUT2D eigenvalue weighted by Gasteiger charge is -2.23. The lowest BCUT2D eigenvalue weighted by atomic mass is 10.1. The fraction of sp³-hybridized carbons (Fsp3) is 0.267. The van der Waals surface area contributed by atoms with E-state index >= 15 is 0 Å². The Balaban J connectivity index is 1.65. The van der Waals surface area contributed by atoms with E-state index in [4.69, 9.17) is 9.47 Å². The van der Waals surface area contributed by atoms with Crippen molar-refractivity contribution in [1.29, 1.82) is 0 Å². The first-order valence-electron chi connectivity index (χ1n) is 12.9. The number of methoxy groups -OCH3 is 2. The standard InChI is InChI=1S/C30H34N4O5S/c1-21(2)18-33(40(36,37)27-16-6-22(3)7-17-27)20-29(35)32-30-31-28(23-8-12-25(38-4)13-9-23)19-34(30)24-10-14-26(39-5)15-11-24/h6-17,19,21H,18,20H2,1-5H3,(H,31,32,35). The van der Waals surface area contributed by atoms with Gasteiger partial charge in [0, 0.05) is 24.0 Å². The topological polar surface area (TPSA) is 103 Å². The van der Waals surface area contributed by atoms with Crippen LogP contribution in [0.5, 0.6) is 11.5 Å². The van der Waals surface area contributed by atoms with Crippen LogP contribution < -0.4 is 14.8 Å². The molecule has 0 saturated carbocycles. The molecule has 0 saturated heterocycles. The number of aryl methyl sites for hydroxylation is 1. The first-order valence-corrected chi connectivity index (χ1v) is 14.3. The van der Waals surface area contributed by atoms with Crippen molar-refractivity contribution in [3.63, 3.8) is 0 Å². The van der Waals surface area contributed by atoms with Crippen molar-refractivity contribution >= 4 is 21.9 Å². The number of imidazole rings is 1. The maximum atomic E-state index is 13.5. The number of amides is 1. The average molecular weight is 563 g/mol. The second-order valence-corrected chi connectivity index (χ2v) is 11.7. The summed E-state index contributed by atoms with van der Waals surface area (Å²) in [6, 6.07) is 21.4. The zero-order chi connectivity index (χ0) is 28.9. The Kier molecular flexibility index (Phi) is 8.91. The lowest BCUT2D eigenvalue weighted by molar-refractivity contribution is -0.116. The number of anilines is 1. The smallest absolute Gasteiger partial charge is 0.243 e. The van der Waals surface area contributed by atoms with E-state index in [1.165, 1.54) is 4.31 Å². The molecule has 4 rings (SSSR count). The number of benzene rings is 3. The third kappa shape index (κ3) is 6.70. The second kappa shape index (κ2) is 12.4. The molecule has 0 aliphatic rings. The Morgan fingerprint density at radius 1 is 0.925 bits per heavy atom. The van der Waals surface area contributed by atoms with E-state index in [1.54, 1.807) is 43.1 Å². The average Bonchev–Trinajstić information content (AvgIpc) is 3.36. The fourth-order valence-corrected chi connectivity index (χ4v) is 5.71. The Bertz CT molecular complexity index is 1550. The molecular formula is C30H34N4O5S. The summed E-state index contributed by atoms with van der Waals surface area (Å²) in [6.07, 6.45) is 1.81. The second-order valence-electron chi connectivity index (χ2n) is 9.80. The van der Waals surface area contributed by atoms with Gasteiger partial charge in [0.25, 0.3) is 0 Å². The van der Waals surface area contributed by atoms with Crippen molar-refractivity contribution in [2.45, 2.75) is 25.7 Å². The van der Waals surface area contributed by atoms with Gasteiger partial charge in [-0.25, -0.2) is 13.4 Å². The number of hydrogen-bond donors (Lipinski definition) is 1. The normalized spacial score (nSPS) is 11.6. The van der Waals surface area contributed by atoms with Crippen LogP contribution in [0.4, 0.5) is 5.95 Å². The van der Waals surface area contributed by atoms with Crippen LogP contribution in [0.2, 0.25) is 0 Å². The molecule has 0 spiro atoms. The molecule has 10 heteroatoms. The zero-order valence-corrected chi connectivity index (χ0v) is 24.1. The van der Waals surface area contributed by atoms with E-state index in [9.17, 15) is 13.2 Å². The number of sulfonamides is 1. The van der Waals surface area contributed by atoms with Gasteiger partial charge in [0.15, 0.2) is 0 Å². The highest BCUT2D eigenvalue weighted by atomic mass is 32.2. The zero-order valence-electron chi connectivity index (χ0n) is 23.3. The summed E-state index contributed by atoms with van der Waals surface area (Å²) in [7, 11) is -0.705. The number of nitrogens with one attached hydrogen (secondary N) is 1. The van der Waals surface area contributed by atoms with E-state index in [1.807, 2.05) is 75.5 Å². The first-order chi connectivity index (χ1) is 19.1. The molecule has 0 unspecified atom stereocenters. The Labute approximate surface area is 235 Å². The van der Waals surface area contributed by atoms with Crippen LogP contribution in [-0.4, -0.2) is 55.5 Å². The number of hydrogen-bond acceptors (Lipinski definition) is 6. The van der Waals surface area contributed by atoms with Crippen LogP contribution in [0.1, 0.15) is 19.4 Å². The van der Waals surface area contributed by atoms with Crippen molar-refractivity contribution in [2.75, 3.05) is 32.6 Å². The Hall–Kier alpha value is -4.15. The molecule has 0 bridgehead atoms. The molecule has 210 valence electrons. The fourth-order valence-electron chi connectivity index (χ4n) is 4.15. The third-order valence-electron chi connectivity index (χ3n) is 6.24. The Morgan fingerprint density at radius 3 is 2.05 bits per heavy atom. The van der Waals surface area contributed by atoms with E-state index in [-0.39, 0.29) is 29.9 Å². The highest BCUT2D eigenvalue weighted by Crippen LogP contribution is 2.27. The monoisotopic (exact) mass is 562 g/mol. The number of rotatable bonds is 11. The summed E-state index contributed by atoms with van der Waals surface area (Å²) in [6.45, 7) is 5.54. The molecule has 3 aromatic carbocycles. The van der Waals surface area contributed by atoms with Crippen LogP contribution in [0.15, 0.2) is 83.9 Å². The van der Waals surface area contributed by atoms with Gasteiger partial charge >= 0.3 is 0 Å². The molecule has 1 N–H and O–H groups in total. The van der Waals surface area contributed by atoms with Gasteiger partial charge in [0.2, 0.25) is 21.9 Å². The van der Waals surface area contributed by atoms with Gasteiger partial charge < -0.3 is 9.47 Å². The van der Waals surface area contributed by atoms with Crippen LogP contribution in [-0.2, 0) is 14.8 Å². The molecule has 40 heavy (non-hydrogen) atoms. The van der Waals surface area contributed by atoms with Crippen molar-refractivity contribution < 1.29 is 22.7 Å². The van der Waals surface area contributed by atoms with Gasteiger partial charge in [-0.1, -0.05) is 31.5 Å². The van der Waals surface area contributed by atoms with Crippen LogP contribution in [0.25, 0.3) is 16.9 Å². The summed E-state index contributed by atoms with van der Waals surface area (Å²) in [5.41, 5.74) is 3.15. The number of carbonyl (C=O) groups excluding carboxylic acids is 1. The summed E-state index contributed by atoms with van der Waals surface area (Å²) in [5, 5.41) is 2.84. The molecule has 4 aromatic rings. The van der Waals surface area contributed by atoms with Crippen molar-refractivity contribution in [3.05, 3.63) is 84.6 Å². The van der Waals surface area contributed by atoms with Crippen molar-refractivity contribution in [1.82, 2.24) is 13.9 Å². The van der Waals surface area contributed by atoms with E-state index < -0.39 is 15.9 Å². The van der Waals surface area contributed by atoms with Gasteiger partial charge in [0.1, 0.15) is 11.5 Å². The lowest BCUT2D eigenvalue weighted by Crippen LogP contribution is -2.40. The van der Waals surface area contributed by atoms with Crippen LogP contribution in [0.3, 0.4) is 0 Å². The van der Waals surface area contributed by atoms with Gasteiger partial charge in [-0.2, -0.15) is 4.31 Å². The predicted molar refractivity (Wildman–Crippen MR) is 156 cm³/mol. The summed E-state index contributed by atoms with van der Waals surface area (Å²) < 4.78 is 40.4. The minimum atomic E-state index is -3.90. The molecule has 1 amide bonds. The van der Waals surface area contributed by atoms with E-state index in [0.717, 1.165) is 16.8 Å². The van der Waals surface area contributed by atoms with Crippen molar-refractivity contribution in [2.24, 2.45) is 5.92 Å². The number of nitrogens with zero attached hydrogens (tertiary/aromatic N) is 3. The molecule has 1 heterocycles. The van der Waals surface area contributed by atoms with Crippen LogP contribution >= 0.6 is 0 Å². The van der Waals surface area contributed by atoms with E-state index in [2.05, 4.69) is 10.3 Å². The maximum Gasteiger partial charge on any atom is 0.243 e. The maximum absolute atomic E-state index is 13.5. The molecule has 9 nitrogen and oxygen atoms in total. The summed E-state index contributed by atoms with van der Waals surface area (Å²) in [4.78, 5) is 18.2. The van der Waals surface area contributed by atoms with Crippen LogP contribution in [0, 0.1) is 12.8 Å². The van der Waals surface area contributed by atoms with E-state index in [0.29, 0.717) is 17.2 Å². The number of aromatic nitrogens is 2. The SMILES string of the molecule is COc1ccc(-c2cn(-c3ccc(OC)cc3)c(NC(=O)CN(CC(C)C)S(=O)(=O)c3ccc(C)cc3)n2)cc1. The van der Waals surface area contributed by atoms with Gasteiger partial charge in [-0.15, -0.1) is 0 Å². The first kappa shape index (κ1) is 28.8. The minimum absolute atomic E-state index is 0.0102. The molecule has 0 aliphatic carbocycles. The minimum Gasteiger partial charge on any atom is -0.497 e. The molecule has 0 atom stereocenters. The largest absolute Gasteiger partial charge is 0.497 e. The summed E-state index contributed by atoms with van der Waals surface area (Å²) in [5.74, 6) is 1.18. The quantitative estimate of drug-likeness (QED) is 0.271. The molecule has 0 fully saturated rings. The van der Waals surface area contributed by atoms with Gasteiger partial charge in [0.05, 0.1) is 31.4 Å². The molecule has 0 radical (unpaired) electrons. The molecule has 1 aromatic heterocycles. The highest BCUT2D eigenvalue weighted by Gasteiger charge is 2.28. The molecule has 0 aliphatic heterocycles. The highest BCUT2D eigenvalue weighted by molar-refractivity contribution is 7.89.